The highest BCUT2D eigenvalue weighted by Gasteiger charge is 2.15. The molecule has 1 aromatic carbocycles. The van der Waals surface area contributed by atoms with Gasteiger partial charge in [-0.15, -0.1) is 0 Å². The summed E-state index contributed by atoms with van der Waals surface area (Å²) in [5.41, 5.74) is 3.15. The molecule has 0 aliphatic carbocycles. The van der Waals surface area contributed by atoms with Gasteiger partial charge in [-0.25, -0.2) is 9.97 Å². The van der Waals surface area contributed by atoms with Gasteiger partial charge in [0.2, 0.25) is 5.91 Å². The van der Waals surface area contributed by atoms with E-state index in [1.807, 2.05) is 37.3 Å². The van der Waals surface area contributed by atoms with Crippen LogP contribution >= 0.6 is 11.8 Å². The number of carbonyl (C=O) groups excluding carboxylic acids is 1. The first-order valence-electron chi connectivity index (χ1n) is 8.00. The van der Waals surface area contributed by atoms with Crippen LogP contribution in [0.5, 0.6) is 0 Å². The maximum absolute atomic E-state index is 12.4. The summed E-state index contributed by atoms with van der Waals surface area (Å²) in [5.74, 6) is -2.61. The number of hydrogen-bond acceptors (Lipinski definition) is 4. The number of hydrogen-bond donors (Lipinski definition) is 1. The fraction of sp³-hybridized carbons (Fsp3) is 0.389. The van der Waals surface area contributed by atoms with E-state index in [4.69, 9.17) is 0 Å². The molecule has 25 heavy (non-hydrogen) atoms. The summed E-state index contributed by atoms with van der Waals surface area (Å²) in [5, 5.41) is 3.03. The molecule has 0 saturated carbocycles. The topological polar surface area (TPSA) is 54.9 Å². The van der Waals surface area contributed by atoms with Crippen molar-refractivity contribution in [3.8, 4) is 0 Å². The van der Waals surface area contributed by atoms with Gasteiger partial charge in [0.15, 0.2) is 5.16 Å². The lowest BCUT2D eigenvalue weighted by Gasteiger charge is -2.15. The first kappa shape index (κ1) is 19.3. The predicted octanol–water partition coefficient (Wildman–Crippen LogP) is 4.22. The van der Waals surface area contributed by atoms with E-state index in [9.17, 15) is 13.6 Å². The van der Waals surface area contributed by atoms with Gasteiger partial charge in [0.1, 0.15) is 0 Å². The van der Waals surface area contributed by atoms with E-state index in [1.54, 1.807) is 13.8 Å². The van der Waals surface area contributed by atoms with Crippen LogP contribution in [0.2, 0.25) is 0 Å². The Morgan fingerprint density at radius 1 is 1.16 bits per heavy atom. The number of alkyl halides is 2. The van der Waals surface area contributed by atoms with Crippen molar-refractivity contribution in [3.05, 3.63) is 52.8 Å². The predicted molar refractivity (Wildman–Crippen MR) is 94.7 cm³/mol. The molecule has 2 rings (SSSR count). The molecule has 4 nitrogen and oxygen atoms in total. The van der Waals surface area contributed by atoms with Crippen molar-refractivity contribution in [2.45, 2.75) is 50.6 Å². The normalized spacial score (nSPS) is 12.2. The number of aryl methyl sites for hydroxylation is 2. The second-order valence-electron chi connectivity index (χ2n) is 5.73. The van der Waals surface area contributed by atoms with Crippen molar-refractivity contribution in [2.24, 2.45) is 0 Å². The molecule has 134 valence electrons. The largest absolute Gasteiger partial charge is 0.350 e. The molecular formula is C18H21F2N3OS. The van der Waals surface area contributed by atoms with Gasteiger partial charge < -0.3 is 5.32 Å². The van der Waals surface area contributed by atoms with Crippen LogP contribution in [0.15, 0.2) is 35.5 Å². The van der Waals surface area contributed by atoms with Gasteiger partial charge in [-0.3, -0.25) is 4.79 Å². The summed E-state index contributed by atoms with van der Waals surface area (Å²) in [6, 6.07) is 9.65. The lowest BCUT2D eigenvalue weighted by molar-refractivity contribution is -0.121. The molecule has 0 aliphatic rings. The molecule has 2 aromatic rings. The summed E-state index contributed by atoms with van der Waals surface area (Å²) in [7, 11) is 0. The minimum Gasteiger partial charge on any atom is -0.350 e. The summed E-state index contributed by atoms with van der Waals surface area (Å²) in [6.07, 6.45) is 0.772. The van der Waals surface area contributed by atoms with E-state index >= 15 is 0 Å². The molecule has 1 heterocycles. The molecule has 0 spiro atoms. The molecule has 1 N–H and O–H groups in total. The smallest absolute Gasteiger partial charge is 0.291 e. The van der Waals surface area contributed by atoms with Crippen LogP contribution in [0.4, 0.5) is 8.78 Å². The van der Waals surface area contributed by atoms with E-state index in [1.165, 1.54) is 0 Å². The summed E-state index contributed by atoms with van der Waals surface area (Å²) in [4.78, 5) is 20.4. The molecule has 0 unspecified atom stereocenters. The molecule has 0 radical (unpaired) electrons. The molecule has 7 heteroatoms. The Labute approximate surface area is 150 Å². The third kappa shape index (κ3) is 5.77. The number of amides is 1. The Kier molecular flexibility index (Phi) is 6.87. The highest BCUT2D eigenvalue weighted by atomic mass is 32.2. The molecule has 0 aliphatic heterocycles. The molecular weight excluding hydrogens is 344 g/mol. The monoisotopic (exact) mass is 365 g/mol. The fourth-order valence-corrected chi connectivity index (χ4v) is 3.12. The minimum absolute atomic E-state index is 0.0656. The maximum Gasteiger partial charge on any atom is 0.291 e. The molecule has 1 aromatic heterocycles. The van der Waals surface area contributed by atoms with Crippen molar-refractivity contribution in [3.63, 3.8) is 0 Å². The van der Waals surface area contributed by atoms with Crippen LogP contribution in [0.3, 0.4) is 0 Å². The van der Waals surface area contributed by atoms with E-state index in [2.05, 4.69) is 15.3 Å². The molecule has 1 atom stereocenters. The second-order valence-corrected chi connectivity index (χ2v) is 6.69. The van der Waals surface area contributed by atoms with Gasteiger partial charge in [-0.1, -0.05) is 30.3 Å². The van der Waals surface area contributed by atoms with Crippen molar-refractivity contribution in [1.29, 1.82) is 0 Å². The Morgan fingerprint density at radius 2 is 1.76 bits per heavy atom. The number of aromatic nitrogens is 2. The zero-order valence-electron chi connectivity index (χ0n) is 14.4. The van der Waals surface area contributed by atoms with Gasteiger partial charge in [-0.05, 0) is 50.1 Å². The quantitative estimate of drug-likeness (QED) is 0.590. The van der Waals surface area contributed by atoms with Crippen molar-refractivity contribution >= 4 is 17.7 Å². The van der Waals surface area contributed by atoms with Crippen molar-refractivity contribution in [2.75, 3.05) is 0 Å². The van der Waals surface area contributed by atoms with Gasteiger partial charge in [0, 0.05) is 17.8 Å². The van der Waals surface area contributed by atoms with Crippen LogP contribution in [0, 0.1) is 13.8 Å². The summed E-state index contributed by atoms with van der Waals surface area (Å²) < 4.78 is 24.9. The Bertz CT molecular complexity index is 703. The van der Waals surface area contributed by atoms with Crippen LogP contribution < -0.4 is 5.32 Å². The van der Waals surface area contributed by atoms with Crippen LogP contribution in [-0.2, 0) is 11.2 Å². The van der Waals surface area contributed by atoms with Crippen molar-refractivity contribution < 1.29 is 13.6 Å². The van der Waals surface area contributed by atoms with E-state index in [-0.39, 0.29) is 17.1 Å². The highest BCUT2D eigenvalue weighted by molar-refractivity contribution is 7.99. The van der Waals surface area contributed by atoms with Crippen molar-refractivity contribution in [1.82, 2.24) is 15.3 Å². The molecule has 0 bridgehead atoms. The lowest BCUT2D eigenvalue weighted by atomic mass is 10.1. The molecule has 1 amide bonds. The van der Waals surface area contributed by atoms with Gasteiger partial charge in [0.05, 0.1) is 6.04 Å². The molecule has 0 saturated heterocycles. The zero-order valence-corrected chi connectivity index (χ0v) is 15.2. The summed E-state index contributed by atoms with van der Waals surface area (Å²) in [6.45, 7) is 5.44. The fourth-order valence-electron chi connectivity index (χ4n) is 2.58. The average Bonchev–Trinajstić information content (AvgIpc) is 2.54. The standard InChI is InChI=1S/C18H21F2N3OS/c1-11(14-7-5-4-6-8-14)21-16(24)10-9-15-12(2)22-18(23-13(15)3)25-17(19)20/h4-8,11,17H,9-10H2,1-3H3,(H,21,24)/t11-/m1/s1. The zero-order chi connectivity index (χ0) is 18.4. The van der Waals surface area contributed by atoms with E-state index in [0.29, 0.717) is 36.0 Å². The van der Waals surface area contributed by atoms with E-state index in [0.717, 1.165) is 11.1 Å². The van der Waals surface area contributed by atoms with E-state index < -0.39 is 5.76 Å². The number of nitrogens with one attached hydrogen (secondary N) is 1. The third-order valence-electron chi connectivity index (χ3n) is 3.87. The average molecular weight is 365 g/mol. The van der Waals surface area contributed by atoms with Gasteiger partial charge >= 0.3 is 0 Å². The second kappa shape index (κ2) is 8.89. The van der Waals surface area contributed by atoms with Crippen LogP contribution in [0.25, 0.3) is 0 Å². The third-order valence-corrected chi connectivity index (χ3v) is 4.45. The number of rotatable bonds is 7. The summed E-state index contributed by atoms with van der Waals surface area (Å²) >= 11 is 0.331. The number of halogens is 2. The Balaban J connectivity index is 1.95. The first-order chi connectivity index (χ1) is 11.9. The SMILES string of the molecule is Cc1nc(SC(F)F)nc(C)c1CCC(=O)N[C@H](C)c1ccccc1. The lowest BCUT2D eigenvalue weighted by Crippen LogP contribution is -2.27. The van der Waals surface area contributed by atoms with Crippen LogP contribution in [0.1, 0.15) is 41.9 Å². The Morgan fingerprint density at radius 3 is 2.32 bits per heavy atom. The number of nitrogens with zero attached hydrogens (tertiary/aromatic N) is 2. The first-order valence-corrected chi connectivity index (χ1v) is 8.88. The molecule has 0 fully saturated rings. The maximum atomic E-state index is 12.4. The minimum atomic E-state index is -2.55. The number of thioether (sulfide) groups is 1. The Hall–Kier alpha value is -2.02. The van der Waals surface area contributed by atoms with Crippen LogP contribution in [-0.4, -0.2) is 21.6 Å². The number of benzene rings is 1. The highest BCUT2D eigenvalue weighted by Crippen LogP contribution is 2.24. The number of carbonyl (C=O) groups is 1. The van der Waals surface area contributed by atoms with Gasteiger partial charge in [0.25, 0.3) is 5.76 Å². The van der Waals surface area contributed by atoms with Gasteiger partial charge in [-0.2, -0.15) is 8.78 Å².